The highest BCUT2D eigenvalue weighted by Gasteiger charge is 2.17. The zero-order chi connectivity index (χ0) is 14.7. The van der Waals surface area contributed by atoms with Crippen LogP contribution in [0.2, 0.25) is 0 Å². The molecule has 2 aromatic heterocycles. The standard InChI is InChI=1S/C17H20N4/c1-3-10-21-12-14(11-20-21)16(18-2)17-15-7-5-4-6-13(15)8-9-19-17/h4-9,11-12,16,18H,3,10H2,1-2H3. The fourth-order valence-electron chi connectivity index (χ4n) is 2.71. The van der Waals surface area contributed by atoms with E-state index in [1.54, 1.807) is 0 Å². The topological polar surface area (TPSA) is 42.7 Å². The fraction of sp³-hybridized carbons (Fsp3) is 0.294. The van der Waals surface area contributed by atoms with Gasteiger partial charge >= 0.3 is 0 Å². The molecule has 0 aliphatic carbocycles. The molecule has 2 heterocycles. The smallest absolute Gasteiger partial charge is 0.0786 e. The van der Waals surface area contributed by atoms with Gasteiger partial charge in [0.15, 0.2) is 0 Å². The molecular weight excluding hydrogens is 260 g/mol. The molecule has 1 N–H and O–H groups in total. The Morgan fingerprint density at radius 3 is 2.90 bits per heavy atom. The predicted molar refractivity (Wildman–Crippen MR) is 85.2 cm³/mol. The average molecular weight is 280 g/mol. The van der Waals surface area contributed by atoms with Crippen LogP contribution >= 0.6 is 0 Å². The van der Waals surface area contributed by atoms with Crippen LogP contribution in [-0.2, 0) is 6.54 Å². The lowest BCUT2D eigenvalue weighted by Crippen LogP contribution is -2.18. The van der Waals surface area contributed by atoms with Crippen LogP contribution < -0.4 is 5.32 Å². The van der Waals surface area contributed by atoms with Gasteiger partial charge in [-0.2, -0.15) is 5.10 Å². The molecule has 0 saturated carbocycles. The number of nitrogens with zero attached hydrogens (tertiary/aromatic N) is 3. The number of hydrogen-bond acceptors (Lipinski definition) is 3. The summed E-state index contributed by atoms with van der Waals surface area (Å²) in [6.07, 6.45) is 6.99. The molecule has 1 aromatic carbocycles. The van der Waals surface area contributed by atoms with Crippen LogP contribution in [0.1, 0.15) is 30.6 Å². The number of hydrogen-bond donors (Lipinski definition) is 1. The summed E-state index contributed by atoms with van der Waals surface area (Å²) < 4.78 is 1.99. The Morgan fingerprint density at radius 2 is 2.10 bits per heavy atom. The Hall–Kier alpha value is -2.20. The van der Waals surface area contributed by atoms with Crippen LogP contribution in [0, 0.1) is 0 Å². The first-order valence-electron chi connectivity index (χ1n) is 7.36. The summed E-state index contributed by atoms with van der Waals surface area (Å²) in [4.78, 5) is 4.61. The van der Waals surface area contributed by atoms with Gasteiger partial charge in [0.1, 0.15) is 0 Å². The lowest BCUT2D eigenvalue weighted by molar-refractivity contribution is 0.600. The van der Waals surface area contributed by atoms with Gasteiger partial charge in [-0.15, -0.1) is 0 Å². The highest BCUT2D eigenvalue weighted by atomic mass is 15.3. The van der Waals surface area contributed by atoms with Crippen LogP contribution in [0.5, 0.6) is 0 Å². The number of benzene rings is 1. The molecule has 0 radical (unpaired) electrons. The van der Waals surface area contributed by atoms with Crippen LogP contribution in [0.25, 0.3) is 10.8 Å². The highest BCUT2D eigenvalue weighted by molar-refractivity contribution is 5.85. The molecule has 0 bridgehead atoms. The second-order valence-electron chi connectivity index (χ2n) is 5.18. The van der Waals surface area contributed by atoms with E-state index in [0.717, 1.165) is 24.2 Å². The molecule has 1 atom stereocenters. The van der Waals surface area contributed by atoms with Crippen molar-refractivity contribution in [2.24, 2.45) is 0 Å². The number of nitrogens with one attached hydrogen (secondary N) is 1. The molecule has 0 fully saturated rings. The quantitative estimate of drug-likeness (QED) is 0.780. The summed E-state index contributed by atoms with van der Waals surface area (Å²) in [6, 6.07) is 10.5. The molecule has 1 unspecified atom stereocenters. The number of aryl methyl sites for hydroxylation is 1. The predicted octanol–water partition coefficient (Wildman–Crippen LogP) is 3.15. The zero-order valence-electron chi connectivity index (χ0n) is 12.5. The lowest BCUT2D eigenvalue weighted by atomic mass is 10.0. The number of rotatable bonds is 5. The van der Waals surface area contributed by atoms with Crippen molar-refractivity contribution in [3.63, 3.8) is 0 Å². The van der Waals surface area contributed by atoms with Gasteiger partial charge in [0.2, 0.25) is 0 Å². The molecule has 4 nitrogen and oxygen atoms in total. The van der Waals surface area contributed by atoms with Gasteiger partial charge in [-0.05, 0) is 24.9 Å². The molecule has 21 heavy (non-hydrogen) atoms. The van der Waals surface area contributed by atoms with Gasteiger partial charge in [0, 0.05) is 29.9 Å². The van der Waals surface area contributed by atoms with E-state index in [0.29, 0.717) is 0 Å². The summed E-state index contributed by atoms with van der Waals surface area (Å²) in [5.74, 6) is 0. The van der Waals surface area contributed by atoms with Crippen molar-refractivity contribution in [3.8, 4) is 0 Å². The molecule has 0 spiro atoms. The Labute approximate surface area is 124 Å². The van der Waals surface area contributed by atoms with E-state index in [9.17, 15) is 0 Å². The summed E-state index contributed by atoms with van der Waals surface area (Å²) in [6.45, 7) is 3.10. The first-order chi connectivity index (χ1) is 10.3. The molecule has 0 amide bonds. The van der Waals surface area contributed by atoms with E-state index < -0.39 is 0 Å². The van der Waals surface area contributed by atoms with Gasteiger partial charge in [0.25, 0.3) is 0 Å². The summed E-state index contributed by atoms with van der Waals surface area (Å²) in [5, 5.41) is 10.2. The zero-order valence-corrected chi connectivity index (χ0v) is 12.5. The first kappa shape index (κ1) is 13.8. The average Bonchev–Trinajstić information content (AvgIpc) is 2.97. The van der Waals surface area contributed by atoms with E-state index in [1.807, 2.05) is 30.2 Å². The maximum Gasteiger partial charge on any atom is 0.0786 e. The van der Waals surface area contributed by atoms with Crippen molar-refractivity contribution in [2.75, 3.05) is 7.05 Å². The van der Waals surface area contributed by atoms with E-state index in [1.165, 1.54) is 10.8 Å². The van der Waals surface area contributed by atoms with Gasteiger partial charge in [-0.1, -0.05) is 31.2 Å². The van der Waals surface area contributed by atoms with Gasteiger partial charge in [-0.3, -0.25) is 9.67 Å². The molecule has 0 aliphatic rings. The molecule has 0 saturated heterocycles. The molecule has 3 rings (SSSR count). The van der Waals surface area contributed by atoms with E-state index in [4.69, 9.17) is 0 Å². The van der Waals surface area contributed by atoms with Crippen molar-refractivity contribution in [1.29, 1.82) is 0 Å². The van der Waals surface area contributed by atoms with Crippen molar-refractivity contribution >= 4 is 10.8 Å². The van der Waals surface area contributed by atoms with Crippen molar-refractivity contribution in [1.82, 2.24) is 20.1 Å². The van der Waals surface area contributed by atoms with Crippen LogP contribution in [0.4, 0.5) is 0 Å². The second kappa shape index (κ2) is 6.06. The maximum atomic E-state index is 4.61. The third-order valence-corrected chi connectivity index (χ3v) is 3.71. The molecule has 0 aliphatic heterocycles. The Morgan fingerprint density at radius 1 is 1.24 bits per heavy atom. The minimum atomic E-state index is 0.0571. The Kier molecular flexibility index (Phi) is 3.97. The normalized spacial score (nSPS) is 12.7. The highest BCUT2D eigenvalue weighted by Crippen LogP contribution is 2.26. The van der Waals surface area contributed by atoms with Crippen LogP contribution in [0.3, 0.4) is 0 Å². The van der Waals surface area contributed by atoms with E-state index in [2.05, 4.69) is 52.8 Å². The molecule has 108 valence electrons. The van der Waals surface area contributed by atoms with Gasteiger partial charge in [0.05, 0.1) is 17.9 Å². The first-order valence-corrected chi connectivity index (χ1v) is 7.36. The Bertz CT molecular complexity index is 727. The largest absolute Gasteiger partial charge is 0.308 e. The van der Waals surface area contributed by atoms with Gasteiger partial charge < -0.3 is 5.32 Å². The Balaban J connectivity index is 2.05. The maximum absolute atomic E-state index is 4.61. The SMILES string of the molecule is CCCn1cc(C(NC)c2nccc3ccccc23)cn1. The van der Waals surface area contributed by atoms with E-state index in [-0.39, 0.29) is 6.04 Å². The monoisotopic (exact) mass is 280 g/mol. The number of aromatic nitrogens is 3. The number of fused-ring (bicyclic) bond motifs is 1. The van der Waals surface area contributed by atoms with E-state index >= 15 is 0 Å². The summed E-state index contributed by atoms with van der Waals surface area (Å²) in [5.41, 5.74) is 2.20. The van der Waals surface area contributed by atoms with Crippen molar-refractivity contribution in [2.45, 2.75) is 25.9 Å². The van der Waals surface area contributed by atoms with Crippen LogP contribution in [-0.4, -0.2) is 21.8 Å². The van der Waals surface area contributed by atoms with Crippen LogP contribution in [0.15, 0.2) is 48.9 Å². The van der Waals surface area contributed by atoms with Crippen molar-refractivity contribution in [3.05, 3.63) is 60.2 Å². The fourth-order valence-corrected chi connectivity index (χ4v) is 2.71. The molecule has 3 aromatic rings. The molecular formula is C17H20N4. The van der Waals surface area contributed by atoms with Gasteiger partial charge in [-0.25, -0.2) is 0 Å². The minimum Gasteiger partial charge on any atom is -0.308 e. The molecule has 4 heteroatoms. The summed E-state index contributed by atoms with van der Waals surface area (Å²) in [7, 11) is 1.96. The van der Waals surface area contributed by atoms with Crippen molar-refractivity contribution < 1.29 is 0 Å². The third-order valence-electron chi connectivity index (χ3n) is 3.71. The second-order valence-corrected chi connectivity index (χ2v) is 5.18. The lowest BCUT2D eigenvalue weighted by Gasteiger charge is -2.16. The number of pyridine rings is 1. The minimum absolute atomic E-state index is 0.0571. The third kappa shape index (κ3) is 2.67. The summed E-state index contributed by atoms with van der Waals surface area (Å²) >= 11 is 0.